The minimum Gasteiger partial charge on any atom is -0.496 e. The maximum atomic E-state index is 12.7. The molecule has 2 aromatic heterocycles. The molecule has 0 aliphatic heterocycles. The van der Waals surface area contributed by atoms with Crippen LogP contribution in [0.15, 0.2) is 53.9 Å². The first kappa shape index (κ1) is 21.7. The average molecular weight is 465 g/mol. The van der Waals surface area contributed by atoms with Gasteiger partial charge in [-0.25, -0.2) is 9.97 Å². The van der Waals surface area contributed by atoms with Crippen LogP contribution in [0.3, 0.4) is 0 Å². The molecule has 0 radical (unpaired) electrons. The third-order valence-electron chi connectivity index (χ3n) is 4.72. The number of carbonyl (C=O) groups excluding carboxylic acids is 2. The smallest absolute Gasteiger partial charge is 0.261 e. The Morgan fingerprint density at radius 2 is 1.53 bits per heavy atom. The number of anilines is 2. The number of aromatic nitrogens is 2. The van der Waals surface area contributed by atoms with E-state index in [1.807, 2.05) is 37.4 Å². The van der Waals surface area contributed by atoms with Crippen LogP contribution in [-0.4, -0.2) is 28.9 Å². The molecule has 0 spiro atoms. The Balaban J connectivity index is 1.50. The minimum absolute atomic E-state index is 0.199. The van der Waals surface area contributed by atoms with E-state index in [0.717, 1.165) is 16.1 Å². The molecular formula is C23H20N4O3S2. The third kappa shape index (κ3) is 4.53. The van der Waals surface area contributed by atoms with Crippen LogP contribution < -0.4 is 15.4 Å². The molecule has 0 aliphatic carbocycles. The van der Waals surface area contributed by atoms with Gasteiger partial charge in [-0.1, -0.05) is 41.7 Å². The lowest BCUT2D eigenvalue weighted by molar-refractivity contribution is 0.101. The van der Waals surface area contributed by atoms with Crippen molar-refractivity contribution in [3.8, 4) is 16.3 Å². The number of thiazole rings is 2. The van der Waals surface area contributed by atoms with Crippen molar-refractivity contribution in [2.75, 3.05) is 17.7 Å². The van der Waals surface area contributed by atoms with E-state index in [4.69, 9.17) is 4.74 Å². The van der Waals surface area contributed by atoms with Gasteiger partial charge in [0.25, 0.3) is 11.8 Å². The monoisotopic (exact) mass is 464 g/mol. The summed E-state index contributed by atoms with van der Waals surface area (Å²) in [5.74, 6) is -0.00552. The Bertz CT molecular complexity index is 1300. The number of amides is 2. The summed E-state index contributed by atoms with van der Waals surface area (Å²) in [6.07, 6.45) is 0. The van der Waals surface area contributed by atoms with Crippen molar-refractivity contribution in [1.82, 2.24) is 9.97 Å². The summed E-state index contributed by atoms with van der Waals surface area (Å²) in [6.45, 7) is 3.75. The van der Waals surface area contributed by atoms with Gasteiger partial charge in [0.05, 0.1) is 28.9 Å². The van der Waals surface area contributed by atoms with Crippen molar-refractivity contribution in [2.24, 2.45) is 0 Å². The van der Waals surface area contributed by atoms with Gasteiger partial charge in [-0.2, -0.15) is 0 Å². The normalized spacial score (nSPS) is 10.6. The van der Waals surface area contributed by atoms with E-state index in [1.54, 1.807) is 30.3 Å². The number of nitrogens with one attached hydrogen (secondary N) is 2. The molecule has 32 heavy (non-hydrogen) atoms. The molecule has 2 N–H and O–H groups in total. The fourth-order valence-corrected chi connectivity index (χ4v) is 4.81. The third-order valence-corrected chi connectivity index (χ3v) is 6.57. The summed E-state index contributed by atoms with van der Waals surface area (Å²) in [6, 6.07) is 14.4. The van der Waals surface area contributed by atoms with Crippen LogP contribution in [0.1, 0.15) is 32.0 Å². The van der Waals surface area contributed by atoms with Gasteiger partial charge in [0.15, 0.2) is 10.3 Å². The van der Waals surface area contributed by atoms with Crippen molar-refractivity contribution < 1.29 is 14.3 Å². The summed E-state index contributed by atoms with van der Waals surface area (Å²) in [7, 11) is 1.52. The van der Waals surface area contributed by atoms with Gasteiger partial charge < -0.3 is 4.74 Å². The molecule has 0 fully saturated rings. The van der Waals surface area contributed by atoms with E-state index in [2.05, 4.69) is 20.6 Å². The molecule has 2 amide bonds. The lowest BCUT2D eigenvalue weighted by Gasteiger charge is -2.06. The summed E-state index contributed by atoms with van der Waals surface area (Å²) >= 11 is 2.67. The van der Waals surface area contributed by atoms with Crippen LogP contribution in [0.2, 0.25) is 0 Å². The first-order valence-corrected chi connectivity index (χ1v) is 11.4. The van der Waals surface area contributed by atoms with Gasteiger partial charge in [0.1, 0.15) is 5.75 Å². The summed E-state index contributed by atoms with van der Waals surface area (Å²) < 4.78 is 5.26. The second kappa shape index (κ2) is 9.29. The fourth-order valence-electron chi connectivity index (χ4n) is 3.11. The van der Waals surface area contributed by atoms with Crippen molar-refractivity contribution in [2.45, 2.75) is 13.8 Å². The highest BCUT2D eigenvalue weighted by molar-refractivity contribution is 7.20. The first-order valence-electron chi connectivity index (χ1n) is 9.71. The molecule has 0 unspecified atom stereocenters. The predicted molar refractivity (Wildman–Crippen MR) is 128 cm³/mol. The van der Waals surface area contributed by atoms with E-state index in [9.17, 15) is 9.59 Å². The first-order chi connectivity index (χ1) is 15.5. The van der Waals surface area contributed by atoms with Crippen LogP contribution in [0.4, 0.5) is 10.3 Å². The Morgan fingerprint density at radius 1 is 0.875 bits per heavy atom. The molecule has 9 heteroatoms. The van der Waals surface area contributed by atoms with Gasteiger partial charge in [-0.05, 0) is 37.6 Å². The molecule has 0 saturated carbocycles. The number of hydrogen-bond acceptors (Lipinski definition) is 7. The second-order valence-electron chi connectivity index (χ2n) is 6.89. The van der Waals surface area contributed by atoms with Gasteiger partial charge in [-0.15, -0.1) is 11.3 Å². The molecule has 4 rings (SSSR count). The van der Waals surface area contributed by atoms with Crippen LogP contribution in [0, 0.1) is 13.8 Å². The van der Waals surface area contributed by atoms with E-state index in [-0.39, 0.29) is 11.8 Å². The molecule has 7 nitrogen and oxygen atoms in total. The number of benzene rings is 2. The van der Waals surface area contributed by atoms with Gasteiger partial charge >= 0.3 is 0 Å². The zero-order chi connectivity index (χ0) is 22.7. The minimum atomic E-state index is -0.299. The highest BCUT2D eigenvalue weighted by Crippen LogP contribution is 2.35. The van der Waals surface area contributed by atoms with Crippen LogP contribution in [0.5, 0.6) is 5.75 Å². The molecule has 162 valence electrons. The maximum absolute atomic E-state index is 12.7. The standard InChI is InChI=1S/C23H20N4O3S2/c1-13-8-4-5-9-15(13)20(28)26-22-25-17(12-31-22)19-14(2)24-23(32-19)27-21(29)16-10-6-7-11-18(16)30-3/h4-12H,1-3H3,(H,24,27,29)(H,25,26,28). The second-order valence-corrected chi connectivity index (χ2v) is 8.75. The van der Waals surface area contributed by atoms with Crippen molar-refractivity contribution >= 4 is 44.8 Å². The molecule has 0 saturated heterocycles. The predicted octanol–water partition coefficient (Wildman–Crippen LogP) is 5.40. The topological polar surface area (TPSA) is 93.2 Å². The highest BCUT2D eigenvalue weighted by atomic mass is 32.1. The van der Waals surface area contributed by atoms with E-state index in [0.29, 0.717) is 32.8 Å². The van der Waals surface area contributed by atoms with E-state index >= 15 is 0 Å². The van der Waals surface area contributed by atoms with Crippen molar-refractivity contribution in [1.29, 1.82) is 0 Å². The number of hydrogen-bond donors (Lipinski definition) is 2. The number of nitrogens with zero attached hydrogens (tertiary/aromatic N) is 2. The van der Waals surface area contributed by atoms with Crippen LogP contribution in [-0.2, 0) is 0 Å². The molecule has 0 bridgehead atoms. The van der Waals surface area contributed by atoms with Crippen molar-refractivity contribution in [3.05, 3.63) is 76.3 Å². The Morgan fingerprint density at radius 3 is 2.28 bits per heavy atom. The maximum Gasteiger partial charge on any atom is 0.261 e. The molecule has 0 atom stereocenters. The molecule has 2 aromatic carbocycles. The lowest BCUT2D eigenvalue weighted by atomic mass is 10.1. The summed E-state index contributed by atoms with van der Waals surface area (Å²) in [4.78, 5) is 35.0. The molecule has 0 aliphatic rings. The number of carbonyl (C=O) groups is 2. The molecule has 4 aromatic rings. The van der Waals surface area contributed by atoms with Crippen LogP contribution >= 0.6 is 22.7 Å². The number of para-hydroxylation sites is 1. The van der Waals surface area contributed by atoms with Crippen molar-refractivity contribution in [3.63, 3.8) is 0 Å². The van der Waals surface area contributed by atoms with Gasteiger partial charge in [-0.3, -0.25) is 20.2 Å². The molecule has 2 heterocycles. The van der Waals surface area contributed by atoms with E-state index in [1.165, 1.54) is 29.8 Å². The number of rotatable bonds is 6. The summed E-state index contributed by atoms with van der Waals surface area (Å²) in [5.41, 5.74) is 3.38. The average Bonchev–Trinajstić information content (AvgIpc) is 3.39. The highest BCUT2D eigenvalue weighted by Gasteiger charge is 2.18. The van der Waals surface area contributed by atoms with E-state index < -0.39 is 0 Å². The van der Waals surface area contributed by atoms with Crippen LogP contribution in [0.25, 0.3) is 10.6 Å². The Hall–Kier alpha value is -3.56. The number of methoxy groups -OCH3 is 1. The quantitative estimate of drug-likeness (QED) is 0.399. The zero-order valence-electron chi connectivity index (χ0n) is 17.6. The fraction of sp³-hybridized carbons (Fsp3) is 0.130. The molecular weight excluding hydrogens is 444 g/mol. The number of aryl methyl sites for hydroxylation is 2. The number of ether oxygens (including phenoxy) is 1. The largest absolute Gasteiger partial charge is 0.496 e. The summed E-state index contributed by atoms with van der Waals surface area (Å²) in [5, 5.41) is 8.50. The van der Waals surface area contributed by atoms with Gasteiger partial charge in [0.2, 0.25) is 0 Å². The lowest BCUT2D eigenvalue weighted by Crippen LogP contribution is -2.12. The zero-order valence-corrected chi connectivity index (χ0v) is 19.3. The van der Waals surface area contributed by atoms with Gasteiger partial charge in [0, 0.05) is 10.9 Å². The SMILES string of the molecule is COc1ccccc1C(=O)Nc1nc(C)c(-c2csc(NC(=O)c3ccccc3C)n2)s1. The Labute approximate surface area is 193 Å². The Kier molecular flexibility index (Phi) is 6.29.